The molecule has 4 heterocycles. The van der Waals surface area contributed by atoms with E-state index in [1.54, 1.807) is 0 Å². The zero-order valence-electron chi connectivity index (χ0n) is 28.3. The summed E-state index contributed by atoms with van der Waals surface area (Å²) in [6.45, 7) is 0. The molecule has 0 saturated heterocycles. The zero-order chi connectivity index (χ0) is 34.9. The number of hydrogen-bond acceptors (Lipinski definition) is 6. The van der Waals surface area contributed by atoms with E-state index < -0.39 is 0 Å². The standard InChI is InChI=1S/C46H28N6O/c1-2-12-29(13-3-1)43-48-44(50-45(49-43)31-24-27-36-35-16-6-11-21-41(35)53-42(36)28-31)30-22-25-32(26-23-30)51-38-18-8-4-14-33(38)34-15-5-9-19-39(34)52-40-20-10-7-17-37(40)47-46(51)52/h1-28H. The maximum Gasteiger partial charge on any atom is 0.220 e. The number of aromatic nitrogens is 5. The fourth-order valence-electron chi connectivity index (χ4n) is 7.53. The van der Waals surface area contributed by atoms with Crippen LogP contribution in [0.2, 0.25) is 0 Å². The SMILES string of the molecule is c1ccc(-c2nc(-c3ccc(N4c5ccccc5-c5ccccc5-n5c4nc4ccccc45)cc3)nc(-c3ccc4c(c3)oc3ccccc34)n2)cc1. The van der Waals surface area contributed by atoms with Gasteiger partial charge in [0.25, 0.3) is 0 Å². The lowest BCUT2D eigenvalue weighted by atomic mass is 10.0. The molecule has 0 N–H and O–H groups in total. The highest BCUT2D eigenvalue weighted by Crippen LogP contribution is 2.47. The lowest BCUT2D eigenvalue weighted by Crippen LogP contribution is -2.14. The van der Waals surface area contributed by atoms with Crippen LogP contribution in [0.15, 0.2) is 174 Å². The summed E-state index contributed by atoms with van der Waals surface area (Å²) in [4.78, 5) is 22.5. The van der Waals surface area contributed by atoms with Gasteiger partial charge in [0.1, 0.15) is 11.2 Å². The molecule has 0 atom stereocenters. The molecule has 7 nitrogen and oxygen atoms in total. The Bertz CT molecular complexity index is 3020. The van der Waals surface area contributed by atoms with E-state index in [2.05, 4.69) is 119 Å². The fraction of sp³-hybridized carbons (Fsp3) is 0. The van der Waals surface area contributed by atoms with Crippen molar-refractivity contribution in [1.29, 1.82) is 0 Å². The first kappa shape index (κ1) is 29.4. The van der Waals surface area contributed by atoms with Crippen LogP contribution in [0.4, 0.5) is 17.3 Å². The summed E-state index contributed by atoms with van der Waals surface area (Å²) >= 11 is 0. The second-order valence-corrected chi connectivity index (χ2v) is 13.1. The minimum absolute atomic E-state index is 0.577. The van der Waals surface area contributed by atoms with E-state index in [0.717, 1.165) is 83.8 Å². The summed E-state index contributed by atoms with van der Waals surface area (Å²) < 4.78 is 8.50. The van der Waals surface area contributed by atoms with Gasteiger partial charge in [-0.05, 0) is 66.7 Å². The van der Waals surface area contributed by atoms with Crippen molar-refractivity contribution in [3.05, 3.63) is 170 Å². The molecule has 0 aliphatic carbocycles. The number of nitrogens with zero attached hydrogens (tertiary/aromatic N) is 6. The van der Waals surface area contributed by atoms with Gasteiger partial charge in [-0.25, -0.2) is 19.9 Å². The van der Waals surface area contributed by atoms with Crippen molar-refractivity contribution >= 4 is 50.3 Å². The van der Waals surface area contributed by atoms with E-state index in [9.17, 15) is 0 Å². The van der Waals surface area contributed by atoms with Crippen LogP contribution in [0, 0.1) is 0 Å². The molecule has 0 saturated carbocycles. The molecule has 1 aliphatic heterocycles. The van der Waals surface area contributed by atoms with E-state index in [4.69, 9.17) is 24.4 Å². The van der Waals surface area contributed by atoms with Crippen molar-refractivity contribution in [1.82, 2.24) is 24.5 Å². The Balaban J connectivity index is 1.06. The van der Waals surface area contributed by atoms with E-state index >= 15 is 0 Å². The van der Waals surface area contributed by atoms with Crippen molar-refractivity contribution in [2.24, 2.45) is 0 Å². The fourth-order valence-corrected chi connectivity index (χ4v) is 7.53. The van der Waals surface area contributed by atoms with Gasteiger partial charge in [0.05, 0.1) is 22.4 Å². The minimum atomic E-state index is 0.577. The van der Waals surface area contributed by atoms with Gasteiger partial charge >= 0.3 is 0 Å². The van der Waals surface area contributed by atoms with Gasteiger partial charge in [-0.15, -0.1) is 0 Å². The van der Waals surface area contributed by atoms with Crippen LogP contribution in [0.5, 0.6) is 0 Å². The van der Waals surface area contributed by atoms with Gasteiger partial charge in [-0.2, -0.15) is 0 Å². The molecule has 0 unspecified atom stereocenters. The van der Waals surface area contributed by atoms with E-state index in [0.29, 0.717) is 17.5 Å². The van der Waals surface area contributed by atoms with Crippen molar-refractivity contribution in [2.75, 3.05) is 4.90 Å². The second kappa shape index (κ2) is 11.6. The Hall–Kier alpha value is -7.38. The monoisotopic (exact) mass is 680 g/mol. The Morgan fingerprint density at radius 3 is 1.81 bits per heavy atom. The number of anilines is 3. The van der Waals surface area contributed by atoms with Crippen molar-refractivity contribution < 1.29 is 4.42 Å². The van der Waals surface area contributed by atoms with Crippen LogP contribution in [0.1, 0.15) is 0 Å². The topological polar surface area (TPSA) is 72.9 Å². The minimum Gasteiger partial charge on any atom is -0.456 e. The van der Waals surface area contributed by atoms with E-state index in [1.165, 1.54) is 0 Å². The second-order valence-electron chi connectivity index (χ2n) is 13.1. The smallest absolute Gasteiger partial charge is 0.220 e. The largest absolute Gasteiger partial charge is 0.456 e. The molecule has 0 spiro atoms. The third-order valence-electron chi connectivity index (χ3n) is 10.0. The van der Waals surface area contributed by atoms with Gasteiger partial charge in [0.15, 0.2) is 17.5 Å². The molecule has 248 valence electrons. The Kier molecular flexibility index (Phi) is 6.42. The average Bonchev–Trinajstić information content (AvgIpc) is 3.76. The lowest BCUT2D eigenvalue weighted by molar-refractivity contribution is 0.669. The number of furan rings is 1. The Labute approximate surface area is 304 Å². The van der Waals surface area contributed by atoms with Gasteiger partial charge in [0.2, 0.25) is 5.95 Å². The van der Waals surface area contributed by atoms with E-state index in [1.807, 2.05) is 60.7 Å². The molecule has 53 heavy (non-hydrogen) atoms. The highest BCUT2D eigenvalue weighted by molar-refractivity contribution is 6.05. The summed E-state index contributed by atoms with van der Waals surface area (Å²) in [7, 11) is 0. The summed E-state index contributed by atoms with van der Waals surface area (Å²) in [5.41, 5.74) is 11.7. The number of benzene rings is 7. The summed E-state index contributed by atoms with van der Waals surface area (Å²) in [6.07, 6.45) is 0. The van der Waals surface area contributed by atoms with Crippen LogP contribution in [-0.4, -0.2) is 24.5 Å². The first-order chi connectivity index (χ1) is 26.3. The van der Waals surface area contributed by atoms with Crippen LogP contribution in [-0.2, 0) is 0 Å². The van der Waals surface area contributed by atoms with Gasteiger partial charge in [-0.3, -0.25) is 9.47 Å². The predicted octanol–water partition coefficient (Wildman–Crippen LogP) is 11.6. The normalized spacial score (nSPS) is 12.1. The summed E-state index contributed by atoms with van der Waals surface area (Å²) in [5.74, 6) is 2.59. The molecule has 0 radical (unpaired) electrons. The molecule has 0 amide bonds. The molecule has 0 fully saturated rings. The number of fused-ring (bicyclic) bond motifs is 10. The molecular weight excluding hydrogens is 653 g/mol. The average molecular weight is 681 g/mol. The first-order valence-corrected chi connectivity index (χ1v) is 17.6. The quantitative estimate of drug-likeness (QED) is 0.184. The molecular formula is C46H28N6O. The molecule has 10 aromatic rings. The van der Waals surface area contributed by atoms with Crippen molar-refractivity contribution in [3.63, 3.8) is 0 Å². The summed E-state index contributed by atoms with van der Waals surface area (Å²) in [6, 6.07) is 58.1. The molecule has 7 aromatic carbocycles. The third kappa shape index (κ3) is 4.68. The predicted molar refractivity (Wildman–Crippen MR) is 212 cm³/mol. The number of rotatable bonds is 4. The van der Waals surface area contributed by atoms with Crippen LogP contribution < -0.4 is 4.90 Å². The zero-order valence-corrected chi connectivity index (χ0v) is 28.3. The number of para-hydroxylation sites is 5. The maximum absolute atomic E-state index is 6.23. The molecule has 1 aliphatic rings. The van der Waals surface area contributed by atoms with Crippen LogP contribution >= 0.6 is 0 Å². The highest BCUT2D eigenvalue weighted by Gasteiger charge is 2.29. The molecule has 11 rings (SSSR count). The van der Waals surface area contributed by atoms with E-state index in [-0.39, 0.29) is 0 Å². The van der Waals surface area contributed by atoms with Gasteiger partial charge < -0.3 is 4.42 Å². The Morgan fingerprint density at radius 1 is 0.415 bits per heavy atom. The summed E-state index contributed by atoms with van der Waals surface area (Å²) in [5, 5.41) is 2.14. The molecule has 3 aromatic heterocycles. The van der Waals surface area contributed by atoms with Gasteiger partial charge in [-0.1, -0.05) is 103 Å². The van der Waals surface area contributed by atoms with Gasteiger partial charge in [0, 0.05) is 44.3 Å². The van der Waals surface area contributed by atoms with Crippen LogP contribution in [0.25, 0.3) is 83.9 Å². The maximum atomic E-state index is 6.23. The Morgan fingerprint density at radius 2 is 1.00 bits per heavy atom. The highest BCUT2D eigenvalue weighted by atomic mass is 16.3. The van der Waals surface area contributed by atoms with Crippen molar-refractivity contribution in [3.8, 4) is 51.0 Å². The lowest BCUT2D eigenvalue weighted by Gasteiger charge is -2.24. The van der Waals surface area contributed by atoms with Crippen LogP contribution in [0.3, 0.4) is 0 Å². The first-order valence-electron chi connectivity index (χ1n) is 17.6. The van der Waals surface area contributed by atoms with Crippen molar-refractivity contribution in [2.45, 2.75) is 0 Å². The third-order valence-corrected chi connectivity index (χ3v) is 10.0. The number of imidazole rings is 1. The molecule has 0 bridgehead atoms. The number of hydrogen-bond donors (Lipinski definition) is 0. The molecule has 7 heteroatoms.